The van der Waals surface area contributed by atoms with Crippen molar-refractivity contribution >= 4 is 11.8 Å². The molecule has 4 unspecified atom stereocenters. The van der Waals surface area contributed by atoms with Crippen LogP contribution in [0.25, 0.3) is 0 Å². The van der Waals surface area contributed by atoms with Crippen molar-refractivity contribution < 1.29 is 34.4 Å². The van der Waals surface area contributed by atoms with Gasteiger partial charge in [0.05, 0.1) is 32.3 Å². The highest BCUT2D eigenvalue weighted by Crippen LogP contribution is 2.51. The highest BCUT2D eigenvalue weighted by Gasteiger charge is 2.52. The zero-order chi connectivity index (χ0) is 26.0. The molecule has 4 N–H and O–H groups in total. The third-order valence-corrected chi connectivity index (χ3v) is 7.40. The first kappa shape index (κ1) is 26.4. The Morgan fingerprint density at radius 1 is 1.22 bits per heavy atom. The molecule has 0 aromatic heterocycles. The van der Waals surface area contributed by atoms with Gasteiger partial charge in [-0.2, -0.15) is 0 Å². The van der Waals surface area contributed by atoms with Crippen molar-refractivity contribution in [2.24, 2.45) is 5.92 Å². The number of benzene rings is 1. The summed E-state index contributed by atoms with van der Waals surface area (Å²) in [5, 5.41) is 33.5. The summed E-state index contributed by atoms with van der Waals surface area (Å²) in [6.45, 7) is 3.62. The molecule has 1 fully saturated rings. The first-order valence-corrected chi connectivity index (χ1v) is 12.9. The number of rotatable bonds is 9. The van der Waals surface area contributed by atoms with Gasteiger partial charge < -0.3 is 35.0 Å². The molecule has 1 aromatic carbocycles. The van der Waals surface area contributed by atoms with Gasteiger partial charge in [-0.15, -0.1) is 0 Å². The van der Waals surface area contributed by atoms with Crippen LogP contribution in [-0.2, 0) is 16.2 Å². The van der Waals surface area contributed by atoms with Crippen LogP contribution in [0.15, 0.2) is 23.8 Å². The van der Waals surface area contributed by atoms with E-state index in [4.69, 9.17) is 9.47 Å². The third kappa shape index (κ3) is 4.96. The Balaban J connectivity index is 1.81. The standard InChI is InChI=1S/C27H38N2O7/c1-15(2)10-22(32)29(17-6-4-5-7-17)20-13-19(27(34)28-8-9-30)23-18-11-16(14-31)12-21(35-3)25(18)36-26(23)24(20)33/h11-13,15,17,20,23-24,26,30-31,33H,4-10,14H2,1-3H3,(H,28,34). The van der Waals surface area contributed by atoms with E-state index < -0.39 is 24.2 Å². The van der Waals surface area contributed by atoms with E-state index in [0.29, 0.717) is 34.6 Å². The number of fused-ring (bicyclic) bond motifs is 3. The molecule has 1 aromatic rings. The van der Waals surface area contributed by atoms with Crippen molar-refractivity contribution in [3.05, 3.63) is 34.9 Å². The molecule has 36 heavy (non-hydrogen) atoms. The minimum absolute atomic E-state index is 0.00948. The van der Waals surface area contributed by atoms with Crippen LogP contribution < -0.4 is 14.8 Å². The predicted octanol–water partition coefficient (Wildman–Crippen LogP) is 1.63. The number of methoxy groups -OCH3 is 1. The first-order valence-electron chi connectivity index (χ1n) is 12.9. The second-order valence-electron chi connectivity index (χ2n) is 10.4. The van der Waals surface area contributed by atoms with Crippen molar-refractivity contribution in [2.45, 2.75) is 82.8 Å². The highest BCUT2D eigenvalue weighted by atomic mass is 16.5. The molecule has 0 bridgehead atoms. The second-order valence-corrected chi connectivity index (χ2v) is 10.4. The van der Waals surface area contributed by atoms with Crippen LogP contribution in [0.2, 0.25) is 0 Å². The third-order valence-electron chi connectivity index (χ3n) is 7.40. The summed E-state index contributed by atoms with van der Waals surface area (Å²) in [4.78, 5) is 28.6. The number of amides is 2. The van der Waals surface area contributed by atoms with E-state index in [1.54, 1.807) is 23.1 Å². The first-order chi connectivity index (χ1) is 17.3. The molecule has 1 saturated carbocycles. The van der Waals surface area contributed by atoms with Crippen molar-refractivity contribution in [1.29, 1.82) is 0 Å². The summed E-state index contributed by atoms with van der Waals surface area (Å²) in [7, 11) is 1.50. The minimum Gasteiger partial charge on any atom is -0.493 e. The number of carbonyl (C=O) groups excluding carboxylic acids is 2. The average molecular weight is 503 g/mol. The Morgan fingerprint density at radius 2 is 1.94 bits per heavy atom. The Kier molecular flexibility index (Phi) is 8.22. The minimum atomic E-state index is -1.07. The van der Waals surface area contributed by atoms with Gasteiger partial charge in [0.25, 0.3) is 0 Å². The molecule has 9 nitrogen and oxygen atoms in total. The number of nitrogens with zero attached hydrogens (tertiary/aromatic N) is 1. The fourth-order valence-electron chi connectivity index (χ4n) is 5.84. The molecular formula is C27H38N2O7. The topological polar surface area (TPSA) is 129 Å². The summed E-state index contributed by atoms with van der Waals surface area (Å²) >= 11 is 0. The Hall–Kier alpha value is -2.62. The highest BCUT2D eigenvalue weighted by molar-refractivity contribution is 5.96. The lowest BCUT2D eigenvalue weighted by Crippen LogP contribution is -2.58. The molecule has 1 heterocycles. The molecule has 198 valence electrons. The zero-order valence-corrected chi connectivity index (χ0v) is 21.3. The average Bonchev–Trinajstić information content (AvgIpc) is 3.51. The van der Waals surface area contributed by atoms with E-state index in [1.807, 2.05) is 13.8 Å². The van der Waals surface area contributed by atoms with Crippen LogP contribution in [0, 0.1) is 5.92 Å². The molecule has 1 aliphatic heterocycles. The van der Waals surface area contributed by atoms with Crippen LogP contribution in [0.3, 0.4) is 0 Å². The number of ether oxygens (including phenoxy) is 2. The van der Waals surface area contributed by atoms with Gasteiger partial charge in [-0.25, -0.2) is 0 Å². The fraction of sp³-hybridized carbons (Fsp3) is 0.630. The van der Waals surface area contributed by atoms with Crippen molar-refractivity contribution in [3.8, 4) is 11.5 Å². The van der Waals surface area contributed by atoms with E-state index in [0.717, 1.165) is 25.7 Å². The zero-order valence-electron chi connectivity index (χ0n) is 21.3. The quantitative estimate of drug-likeness (QED) is 0.404. The van der Waals surface area contributed by atoms with Gasteiger partial charge in [0.2, 0.25) is 11.8 Å². The van der Waals surface area contributed by atoms with Crippen LogP contribution in [0.4, 0.5) is 0 Å². The number of carbonyl (C=O) groups is 2. The van der Waals surface area contributed by atoms with Crippen LogP contribution in [0.5, 0.6) is 11.5 Å². The molecule has 0 saturated heterocycles. The number of hydrogen-bond acceptors (Lipinski definition) is 7. The summed E-state index contributed by atoms with van der Waals surface area (Å²) < 4.78 is 11.8. The van der Waals surface area contributed by atoms with Crippen molar-refractivity contribution in [3.63, 3.8) is 0 Å². The molecule has 2 amide bonds. The van der Waals surface area contributed by atoms with Gasteiger partial charge in [-0.1, -0.05) is 26.7 Å². The molecule has 3 aliphatic rings. The van der Waals surface area contributed by atoms with Gasteiger partial charge in [0.15, 0.2) is 11.5 Å². The Morgan fingerprint density at radius 3 is 2.56 bits per heavy atom. The molecule has 2 aliphatic carbocycles. The summed E-state index contributed by atoms with van der Waals surface area (Å²) in [6.07, 6.45) is 3.92. The second kappa shape index (κ2) is 11.2. The van der Waals surface area contributed by atoms with E-state index in [2.05, 4.69) is 5.32 Å². The van der Waals surface area contributed by atoms with Gasteiger partial charge in [0, 0.05) is 30.1 Å². The molecule has 0 radical (unpaired) electrons. The largest absolute Gasteiger partial charge is 0.493 e. The lowest BCUT2D eigenvalue weighted by molar-refractivity contribution is -0.141. The molecule has 4 rings (SSSR count). The van der Waals surface area contributed by atoms with E-state index in [-0.39, 0.29) is 43.5 Å². The van der Waals surface area contributed by atoms with Gasteiger partial charge in [-0.05, 0) is 42.5 Å². The van der Waals surface area contributed by atoms with Gasteiger partial charge in [-0.3, -0.25) is 9.59 Å². The van der Waals surface area contributed by atoms with Crippen LogP contribution in [0.1, 0.15) is 63.0 Å². The summed E-state index contributed by atoms with van der Waals surface area (Å²) in [6, 6.07) is 2.70. The molecule has 0 spiro atoms. The van der Waals surface area contributed by atoms with E-state index in [9.17, 15) is 24.9 Å². The Bertz CT molecular complexity index is 1000. The number of aliphatic hydroxyl groups is 3. The van der Waals surface area contributed by atoms with E-state index >= 15 is 0 Å². The number of hydrogen-bond donors (Lipinski definition) is 4. The normalized spacial score (nSPS) is 25.1. The maximum absolute atomic E-state index is 13.5. The number of aliphatic hydroxyl groups excluding tert-OH is 3. The number of nitrogens with one attached hydrogen (secondary N) is 1. The predicted molar refractivity (Wildman–Crippen MR) is 133 cm³/mol. The van der Waals surface area contributed by atoms with Crippen LogP contribution >= 0.6 is 0 Å². The lowest BCUT2D eigenvalue weighted by atomic mass is 9.76. The lowest BCUT2D eigenvalue weighted by Gasteiger charge is -2.43. The monoisotopic (exact) mass is 502 g/mol. The summed E-state index contributed by atoms with van der Waals surface area (Å²) in [5.74, 6) is -0.0558. The maximum atomic E-state index is 13.5. The van der Waals surface area contributed by atoms with Crippen LogP contribution in [-0.4, -0.2) is 76.6 Å². The fourth-order valence-corrected chi connectivity index (χ4v) is 5.84. The SMILES string of the molecule is COc1cc(CO)cc2c1OC1C2C(C(=O)NCCO)=CC(N(C(=O)CC(C)C)C2CCCC2)C1O. The molecular weight excluding hydrogens is 464 g/mol. The van der Waals surface area contributed by atoms with Gasteiger partial charge in [0.1, 0.15) is 12.2 Å². The summed E-state index contributed by atoms with van der Waals surface area (Å²) in [5.41, 5.74) is 1.62. The van der Waals surface area contributed by atoms with Crippen molar-refractivity contribution in [1.82, 2.24) is 10.2 Å². The smallest absolute Gasteiger partial charge is 0.247 e. The van der Waals surface area contributed by atoms with E-state index in [1.165, 1.54) is 7.11 Å². The van der Waals surface area contributed by atoms with Crippen molar-refractivity contribution in [2.75, 3.05) is 20.3 Å². The maximum Gasteiger partial charge on any atom is 0.247 e. The molecule has 4 atom stereocenters. The van der Waals surface area contributed by atoms with Gasteiger partial charge >= 0.3 is 0 Å². The molecule has 9 heteroatoms. The Labute approximate surface area is 212 Å².